The van der Waals surface area contributed by atoms with Crippen LogP contribution in [0.4, 0.5) is 8.78 Å². The van der Waals surface area contributed by atoms with E-state index < -0.39 is 6.55 Å². The highest BCUT2D eigenvalue weighted by molar-refractivity contribution is 7.99. The van der Waals surface area contributed by atoms with Crippen molar-refractivity contribution in [2.45, 2.75) is 22.9 Å². The highest BCUT2D eigenvalue weighted by atomic mass is 32.2. The highest BCUT2D eigenvalue weighted by Crippen LogP contribution is 2.33. The van der Waals surface area contributed by atoms with Gasteiger partial charge in [0.2, 0.25) is 0 Å². The number of rotatable bonds is 6. The molecule has 1 amide bonds. The number of alkyl halides is 2. The minimum atomic E-state index is -2.72. The van der Waals surface area contributed by atoms with Gasteiger partial charge in [0.1, 0.15) is 11.9 Å². The molecule has 142 valence electrons. The first-order valence-electron chi connectivity index (χ1n) is 8.32. The first kappa shape index (κ1) is 19.6. The minimum absolute atomic E-state index is 0.0516. The van der Waals surface area contributed by atoms with Gasteiger partial charge in [0.15, 0.2) is 0 Å². The first-order valence-corrected chi connectivity index (χ1v) is 9.14. The Kier molecular flexibility index (Phi) is 6.06. The minimum Gasteiger partial charge on any atom is -0.334 e. The van der Waals surface area contributed by atoms with Crippen molar-refractivity contribution < 1.29 is 13.6 Å². The lowest BCUT2D eigenvalue weighted by Crippen LogP contribution is -2.28. The lowest BCUT2D eigenvalue weighted by Gasteiger charge is -2.19. The Morgan fingerprint density at radius 2 is 1.89 bits per heavy atom. The van der Waals surface area contributed by atoms with Crippen LogP contribution in [-0.4, -0.2) is 27.4 Å². The summed E-state index contributed by atoms with van der Waals surface area (Å²) in [5.74, 6) is -0.216. The fraction of sp³-hybridized carbons (Fsp3) is 0.150. The summed E-state index contributed by atoms with van der Waals surface area (Å²) in [6, 6.07) is 16.3. The van der Waals surface area contributed by atoms with Gasteiger partial charge in [0.25, 0.3) is 5.91 Å². The molecular weight excluding hydrogens is 382 g/mol. The molecule has 1 heterocycles. The summed E-state index contributed by atoms with van der Waals surface area (Å²) < 4.78 is 26.7. The molecule has 0 bridgehead atoms. The summed E-state index contributed by atoms with van der Waals surface area (Å²) in [5, 5.41) is 9.27. The van der Waals surface area contributed by atoms with E-state index in [1.165, 1.54) is 36.1 Å². The average molecular weight is 398 g/mol. The van der Waals surface area contributed by atoms with E-state index in [1.54, 1.807) is 36.4 Å². The van der Waals surface area contributed by atoms with Crippen LogP contribution < -0.4 is 0 Å². The van der Waals surface area contributed by atoms with Gasteiger partial charge >= 0.3 is 6.55 Å². The van der Waals surface area contributed by atoms with Gasteiger partial charge < -0.3 is 4.90 Å². The summed E-state index contributed by atoms with van der Waals surface area (Å²) in [5.41, 5.74) is 0.944. The van der Waals surface area contributed by atoms with E-state index in [2.05, 4.69) is 11.1 Å². The Morgan fingerprint density at radius 1 is 1.21 bits per heavy atom. The summed E-state index contributed by atoms with van der Waals surface area (Å²) in [6.45, 7) is -2.77. The molecule has 3 aromatic rings. The third-order valence-electron chi connectivity index (χ3n) is 4.03. The molecule has 3 rings (SSSR count). The summed E-state index contributed by atoms with van der Waals surface area (Å²) in [7, 11) is 1.54. The number of benzene rings is 2. The van der Waals surface area contributed by atoms with E-state index in [0.29, 0.717) is 16.0 Å². The molecule has 0 aliphatic rings. The molecule has 0 fully saturated rings. The molecule has 5 nitrogen and oxygen atoms in total. The van der Waals surface area contributed by atoms with Gasteiger partial charge in [-0.2, -0.15) is 14.0 Å². The van der Waals surface area contributed by atoms with E-state index in [0.717, 1.165) is 9.46 Å². The Hall–Kier alpha value is -3.18. The van der Waals surface area contributed by atoms with E-state index in [4.69, 9.17) is 0 Å². The van der Waals surface area contributed by atoms with Crippen molar-refractivity contribution in [1.82, 2.24) is 14.5 Å². The van der Waals surface area contributed by atoms with Gasteiger partial charge in [0.05, 0.1) is 17.7 Å². The lowest BCUT2D eigenvalue weighted by molar-refractivity contribution is 0.0611. The van der Waals surface area contributed by atoms with Crippen LogP contribution in [-0.2, 0) is 6.54 Å². The first-order chi connectivity index (χ1) is 13.5. The van der Waals surface area contributed by atoms with Gasteiger partial charge in [-0.05, 0) is 24.3 Å². The number of hydrogen-bond acceptors (Lipinski definition) is 4. The van der Waals surface area contributed by atoms with E-state index in [1.807, 2.05) is 12.1 Å². The largest absolute Gasteiger partial charge is 0.334 e. The van der Waals surface area contributed by atoms with Crippen LogP contribution in [0.3, 0.4) is 0 Å². The maximum atomic E-state index is 13.0. The molecule has 1 aromatic heterocycles. The summed E-state index contributed by atoms with van der Waals surface area (Å²) in [6.07, 6.45) is 2.46. The second-order valence-electron chi connectivity index (χ2n) is 5.90. The lowest BCUT2D eigenvalue weighted by atomic mass is 10.2. The number of carbonyl (C=O) groups is 1. The normalized spacial score (nSPS) is 10.7. The van der Waals surface area contributed by atoms with Crippen LogP contribution in [0.5, 0.6) is 0 Å². The summed E-state index contributed by atoms with van der Waals surface area (Å²) in [4.78, 5) is 19.6. The van der Waals surface area contributed by atoms with E-state index in [9.17, 15) is 18.8 Å². The molecule has 0 saturated heterocycles. The molecule has 2 aromatic carbocycles. The molecular formula is C20H16F2N4OS. The molecule has 0 N–H and O–H groups in total. The van der Waals surface area contributed by atoms with Crippen molar-refractivity contribution in [3.05, 3.63) is 77.9 Å². The number of nitriles is 1. The second kappa shape index (κ2) is 8.67. The van der Waals surface area contributed by atoms with Crippen molar-refractivity contribution in [2.24, 2.45) is 0 Å². The molecule has 0 radical (unpaired) electrons. The Balaban J connectivity index is 1.84. The average Bonchev–Trinajstić information content (AvgIpc) is 3.16. The maximum absolute atomic E-state index is 13.0. The van der Waals surface area contributed by atoms with Crippen LogP contribution in [0.15, 0.2) is 70.7 Å². The number of nitrogens with zero attached hydrogens (tertiary/aromatic N) is 4. The SMILES string of the molecule is CN(Cc1nccn1C(F)F)C(=O)c1ccccc1Sc1ccccc1C#N. The molecule has 0 unspecified atom stereocenters. The van der Waals surface area contributed by atoms with Crippen molar-refractivity contribution in [3.63, 3.8) is 0 Å². The third kappa shape index (κ3) is 4.21. The Bertz CT molecular complexity index is 1030. The smallest absolute Gasteiger partial charge is 0.319 e. The van der Waals surface area contributed by atoms with E-state index in [-0.39, 0.29) is 18.3 Å². The molecule has 0 atom stereocenters. The Morgan fingerprint density at radius 3 is 2.61 bits per heavy atom. The molecule has 8 heteroatoms. The van der Waals surface area contributed by atoms with Crippen LogP contribution in [0.2, 0.25) is 0 Å². The zero-order chi connectivity index (χ0) is 20.1. The third-order valence-corrected chi connectivity index (χ3v) is 5.18. The topological polar surface area (TPSA) is 61.9 Å². The van der Waals surface area contributed by atoms with Gasteiger partial charge in [-0.25, -0.2) is 4.98 Å². The highest BCUT2D eigenvalue weighted by Gasteiger charge is 2.20. The second-order valence-corrected chi connectivity index (χ2v) is 6.98. The predicted octanol–water partition coefficient (Wildman–Crippen LogP) is 4.57. The van der Waals surface area contributed by atoms with E-state index >= 15 is 0 Å². The van der Waals surface area contributed by atoms with Crippen molar-refractivity contribution in [3.8, 4) is 6.07 Å². The van der Waals surface area contributed by atoms with Gasteiger partial charge in [-0.1, -0.05) is 36.0 Å². The molecule has 28 heavy (non-hydrogen) atoms. The summed E-state index contributed by atoms with van der Waals surface area (Å²) >= 11 is 1.32. The van der Waals surface area contributed by atoms with Gasteiger partial charge in [0, 0.05) is 29.2 Å². The van der Waals surface area contributed by atoms with Crippen LogP contribution in [0.25, 0.3) is 0 Å². The zero-order valence-corrected chi connectivity index (χ0v) is 15.7. The number of halogens is 2. The van der Waals surface area contributed by atoms with Crippen molar-refractivity contribution in [1.29, 1.82) is 5.26 Å². The Labute approximate surface area is 165 Å². The number of carbonyl (C=O) groups excluding carboxylic acids is 1. The van der Waals surface area contributed by atoms with Gasteiger partial charge in [-0.15, -0.1) is 0 Å². The number of amides is 1. The number of imidazole rings is 1. The van der Waals surface area contributed by atoms with Gasteiger partial charge in [-0.3, -0.25) is 9.36 Å². The number of hydrogen-bond donors (Lipinski definition) is 0. The number of aromatic nitrogens is 2. The zero-order valence-electron chi connectivity index (χ0n) is 14.9. The predicted molar refractivity (Wildman–Crippen MR) is 101 cm³/mol. The van der Waals surface area contributed by atoms with Crippen LogP contribution in [0.1, 0.15) is 28.3 Å². The quantitative estimate of drug-likeness (QED) is 0.610. The fourth-order valence-corrected chi connectivity index (χ4v) is 3.65. The molecule has 0 aliphatic heterocycles. The monoisotopic (exact) mass is 398 g/mol. The standard InChI is InChI=1S/C20H16F2N4OS/c1-25(13-18-24-10-11-26(18)20(21)22)19(27)15-7-3-5-9-17(15)28-16-8-4-2-6-14(16)12-23/h2-11,20H,13H2,1H3. The molecule has 0 saturated carbocycles. The van der Waals surface area contributed by atoms with Crippen molar-refractivity contribution >= 4 is 17.7 Å². The van der Waals surface area contributed by atoms with Crippen LogP contribution in [0, 0.1) is 11.3 Å². The molecule has 0 spiro atoms. The maximum Gasteiger partial charge on any atom is 0.319 e. The molecule has 0 aliphatic carbocycles. The van der Waals surface area contributed by atoms with Crippen LogP contribution >= 0.6 is 11.8 Å². The fourth-order valence-electron chi connectivity index (χ4n) is 2.63. The van der Waals surface area contributed by atoms with Crippen molar-refractivity contribution in [2.75, 3.05) is 7.05 Å².